The Morgan fingerprint density at radius 3 is 2.05 bits per heavy atom. The van der Waals surface area contributed by atoms with E-state index in [2.05, 4.69) is 10.3 Å². The smallest absolute Gasteiger partial charge is 0.385 e. The summed E-state index contributed by atoms with van der Waals surface area (Å²) in [5, 5.41) is -1.60. The lowest BCUT2D eigenvalue weighted by Gasteiger charge is -2.33. The van der Waals surface area contributed by atoms with E-state index in [-0.39, 0.29) is 54.4 Å². The van der Waals surface area contributed by atoms with Crippen LogP contribution in [0.2, 0.25) is 0 Å². The van der Waals surface area contributed by atoms with Gasteiger partial charge in [-0.3, -0.25) is 0 Å². The molecule has 1 aliphatic rings. The first-order valence-corrected chi connectivity index (χ1v) is 16.3. The van der Waals surface area contributed by atoms with Crippen molar-refractivity contribution in [2.45, 2.75) is 67.8 Å². The fraction of sp³-hybridized carbons (Fsp3) is 0.900. The Bertz CT molecular complexity index is 1110. The van der Waals surface area contributed by atoms with Crippen LogP contribution in [0.15, 0.2) is 16.4 Å². The summed E-state index contributed by atoms with van der Waals surface area (Å²) in [7, 11) is -17.2. The zero-order valence-electron chi connectivity index (χ0n) is 21.4. The third-order valence-electron chi connectivity index (χ3n) is 6.09. The van der Waals surface area contributed by atoms with E-state index in [0.29, 0.717) is 32.7 Å². The maximum absolute atomic E-state index is 13.3. The summed E-state index contributed by atoms with van der Waals surface area (Å²) >= 11 is 0. The average molecular weight is 641 g/mol. The second-order valence-corrected chi connectivity index (χ2v) is 14.8. The highest BCUT2D eigenvalue weighted by Gasteiger charge is 2.55. The highest BCUT2D eigenvalue weighted by Crippen LogP contribution is 2.37. The number of nitrogens with zero attached hydrogens (tertiary/aromatic N) is 1. The van der Waals surface area contributed by atoms with Crippen molar-refractivity contribution < 1.29 is 61.6 Å². The summed E-state index contributed by atoms with van der Waals surface area (Å²) in [4.78, 5) is 0. The van der Waals surface area contributed by atoms with Crippen LogP contribution in [-0.2, 0) is 44.2 Å². The summed E-state index contributed by atoms with van der Waals surface area (Å²) < 4.78 is 156. The number of hydrogen-bond acceptors (Lipinski definition) is 8. The molecular weight excluding hydrogens is 606 g/mol. The second-order valence-electron chi connectivity index (χ2n) is 8.86. The van der Waals surface area contributed by atoms with Crippen LogP contribution in [0.4, 0.5) is 26.3 Å². The summed E-state index contributed by atoms with van der Waals surface area (Å²) in [6.45, 7) is 6.75. The Kier molecular flexibility index (Phi) is 13.6. The van der Waals surface area contributed by atoms with E-state index in [1.165, 1.54) is 7.11 Å². The summed E-state index contributed by atoms with van der Waals surface area (Å²) in [5.41, 5.74) is -12.5. The highest BCUT2D eigenvalue weighted by molar-refractivity contribution is 8.10. The van der Waals surface area contributed by atoms with E-state index in [9.17, 15) is 47.4 Å². The molecule has 1 aliphatic carbocycles. The molecule has 3 unspecified atom stereocenters. The minimum Gasteiger partial charge on any atom is -0.385 e. The molecule has 1 N–H and O–H groups in total. The minimum absolute atomic E-state index is 0.0959. The number of rotatable bonds is 16. The van der Waals surface area contributed by atoms with Crippen LogP contribution >= 0.6 is 0 Å². The highest BCUT2D eigenvalue weighted by atomic mass is 32.3. The van der Waals surface area contributed by atoms with Crippen molar-refractivity contribution in [3.05, 3.63) is 12.7 Å². The third-order valence-corrected chi connectivity index (χ3v) is 12.1. The lowest BCUT2D eigenvalue weighted by molar-refractivity contribution is -0.0460. The fourth-order valence-electron chi connectivity index (χ4n) is 3.92. The van der Waals surface area contributed by atoms with Gasteiger partial charge in [-0.25, -0.2) is 21.0 Å². The Morgan fingerprint density at radius 1 is 1.00 bits per heavy atom. The molecule has 3 atom stereocenters. The van der Waals surface area contributed by atoms with E-state index in [4.69, 9.17) is 14.2 Å². The van der Waals surface area contributed by atoms with Gasteiger partial charge in [0.2, 0.25) is 9.92 Å². The van der Waals surface area contributed by atoms with Gasteiger partial charge in [0, 0.05) is 13.7 Å². The van der Waals surface area contributed by atoms with Gasteiger partial charge < -0.3 is 14.2 Å². The topological polar surface area (TPSA) is 137 Å². The molecule has 0 aromatic heterocycles. The van der Waals surface area contributed by atoms with Crippen molar-refractivity contribution in [3.63, 3.8) is 0 Å². The molecule has 0 radical (unpaired) electrons. The van der Waals surface area contributed by atoms with Gasteiger partial charge in [-0.05, 0) is 50.4 Å². The van der Waals surface area contributed by atoms with Crippen LogP contribution in [0.5, 0.6) is 0 Å². The predicted octanol–water partition coefficient (Wildman–Crippen LogP) is 3.87. The number of sulfonamides is 2. The van der Waals surface area contributed by atoms with Crippen LogP contribution in [0.25, 0.3) is 0 Å². The van der Waals surface area contributed by atoms with Crippen molar-refractivity contribution >= 4 is 30.0 Å². The molecule has 0 aromatic carbocycles. The van der Waals surface area contributed by atoms with E-state index >= 15 is 0 Å². The van der Waals surface area contributed by atoms with Gasteiger partial charge in [0.25, 0.3) is 10.0 Å². The Hall–Kier alpha value is -0.990. The summed E-state index contributed by atoms with van der Waals surface area (Å²) in [6, 6.07) is 0. The number of alkyl halides is 6. The number of hydrogen-bond donors (Lipinski definition) is 1. The van der Waals surface area contributed by atoms with Crippen molar-refractivity contribution in [2.24, 2.45) is 15.6 Å². The SMILES string of the molecule is C=CCOCC(CC)OCC(CCOC)C1CCC(S(=O)(=O)N=S(=O)(NS(=O)(=O)C(F)(F)F)C(F)(F)F)CC1. The largest absolute Gasteiger partial charge is 0.512 e. The summed E-state index contributed by atoms with van der Waals surface area (Å²) in [5.74, 6) is -0.245. The van der Waals surface area contributed by atoms with E-state index < -0.39 is 46.2 Å². The molecule has 1 rings (SSSR count). The third kappa shape index (κ3) is 10.7. The van der Waals surface area contributed by atoms with E-state index in [1.807, 2.05) is 6.92 Å². The number of methoxy groups -OCH3 is 1. The van der Waals surface area contributed by atoms with Crippen molar-refractivity contribution in [1.82, 2.24) is 4.13 Å². The molecule has 0 aliphatic heterocycles. The van der Waals surface area contributed by atoms with Gasteiger partial charge in [-0.2, -0.15) is 26.3 Å². The number of nitrogens with one attached hydrogen (secondary N) is 1. The molecule has 10 nitrogen and oxygen atoms in total. The number of halogens is 6. The van der Waals surface area contributed by atoms with Gasteiger partial charge in [-0.1, -0.05) is 16.8 Å². The van der Waals surface area contributed by atoms with Crippen molar-refractivity contribution in [3.8, 4) is 0 Å². The maximum atomic E-state index is 13.3. The minimum atomic E-state index is -6.84. The molecule has 0 heterocycles. The molecule has 0 saturated heterocycles. The van der Waals surface area contributed by atoms with Crippen LogP contribution in [0, 0.1) is 11.8 Å². The Morgan fingerprint density at radius 2 is 1.59 bits per heavy atom. The van der Waals surface area contributed by atoms with E-state index in [0.717, 1.165) is 0 Å². The first-order valence-electron chi connectivity index (χ1n) is 11.8. The lowest BCUT2D eigenvalue weighted by atomic mass is 9.79. The molecule has 232 valence electrons. The molecule has 19 heteroatoms. The summed E-state index contributed by atoms with van der Waals surface area (Å²) in [6.07, 6.45) is 2.45. The van der Waals surface area contributed by atoms with Crippen molar-refractivity contribution in [2.75, 3.05) is 33.5 Å². The van der Waals surface area contributed by atoms with Crippen molar-refractivity contribution in [1.29, 1.82) is 0 Å². The average Bonchev–Trinajstić information content (AvgIpc) is 2.81. The van der Waals surface area contributed by atoms with Gasteiger partial charge in [0.05, 0.1) is 31.2 Å². The predicted molar refractivity (Wildman–Crippen MR) is 130 cm³/mol. The quantitative estimate of drug-likeness (QED) is 0.153. The Balaban J connectivity index is 3.06. The normalized spacial score (nSPS) is 22.6. The molecule has 0 amide bonds. The van der Waals surface area contributed by atoms with Gasteiger partial charge in [0.1, 0.15) is 0 Å². The molecular formula is C20H34F6N2O8S3. The molecule has 0 spiro atoms. The molecule has 0 bridgehead atoms. The second kappa shape index (κ2) is 14.8. The number of ether oxygens (including phenoxy) is 3. The maximum Gasteiger partial charge on any atom is 0.512 e. The van der Waals surface area contributed by atoms with Gasteiger partial charge >= 0.3 is 21.0 Å². The lowest BCUT2D eigenvalue weighted by Crippen LogP contribution is -2.46. The standard InChI is InChI=1S/C20H34F6N2O8S3/c1-4-11-35-14-17(5-2)36-13-16(10-12-34-3)15-6-8-18(9-7-15)37(29,30)27-38(31,19(21,22)23)28-39(32,33)20(24,25)26/h4,15-18H,1,5-14H2,2-3H3,(H,27,28,31). The van der Waals surface area contributed by atoms with Crippen LogP contribution in [0.1, 0.15) is 45.4 Å². The fourth-order valence-corrected chi connectivity index (χ4v) is 9.12. The van der Waals surface area contributed by atoms with Crippen LogP contribution in [-0.4, -0.2) is 77.0 Å². The first-order chi connectivity index (χ1) is 17.8. The zero-order valence-corrected chi connectivity index (χ0v) is 23.8. The monoisotopic (exact) mass is 640 g/mol. The van der Waals surface area contributed by atoms with Crippen LogP contribution < -0.4 is 4.13 Å². The first kappa shape index (κ1) is 36.0. The van der Waals surface area contributed by atoms with Gasteiger partial charge in [-0.15, -0.1) is 10.7 Å². The van der Waals surface area contributed by atoms with Gasteiger partial charge in [0.15, 0.2) is 0 Å². The Labute approximate surface area is 225 Å². The van der Waals surface area contributed by atoms with Crippen LogP contribution in [0.3, 0.4) is 0 Å². The molecule has 1 saturated carbocycles. The zero-order chi connectivity index (χ0) is 30.1. The van der Waals surface area contributed by atoms with E-state index in [1.54, 1.807) is 6.08 Å². The molecule has 1 fully saturated rings. The molecule has 39 heavy (non-hydrogen) atoms. The molecule has 0 aromatic rings.